The number of hydrogen-bond acceptors (Lipinski definition) is 3. The smallest absolute Gasteiger partial charge is 0.262 e. The van der Waals surface area contributed by atoms with Gasteiger partial charge in [-0.05, 0) is 48.9 Å². The lowest BCUT2D eigenvalue weighted by Gasteiger charge is -2.10. The summed E-state index contributed by atoms with van der Waals surface area (Å²) < 4.78 is 6.30. The fraction of sp³-hybridized carbons (Fsp3) is 0.133. The van der Waals surface area contributed by atoms with Gasteiger partial charge in [-0.2, -0.15) is 0 Å². The van der Waals surface area contributed by atoms with Gasteiger partial charge in [0.1, 0.15) is 5.75 Å². The molecule has 2 aromatic carbocycles. The van der Waals surface area contributed by atoms with Crippen molar-refractivity contribution in [3.8, 4) is 5.75 Å². The summed E-state index contributed by atoms with van der Waals surface area (Å²) in [5, 5.41) is 2.81. The van der Waals surface area contributed by atoms with Gasteiger partial charge in [0.15, 0.2) is 6.61 Å². The Bertz CT molecular complexity index is 612. The van der Waals surface area contributed by atoms with Gasteiger partial charge < -0.3 is 15.8 Å². The predicted octanol–water partition coefficient (Wildman–Crippen LogP) is 3.36. The second-order valence-corrected chi connectivity index (χ2v) is 5.28. The first kappa shape index (κ1) is 14.4. The molecule has 0 spiro atoms. The summed E-state index contributed by atoms with van der Waals surface area (Å²) in [7, 11) is 0. The summed E-state index contributed by atoms with van der Waals surface area (Å²) >= 11 is 3.37. The molecule has 0 fully saturated rings. The maximum Gasteiger partial charge on any atom is 0.262 e. The van der Waals surface area contributed by atoms with Crippen molar-refractivity contribution in [1.29, 1.82) is 0 Å². The minimum atomic E-state index is -0.206. The zero-order chi connectivity index (χ0) is 14.5. The molecule has 0 saturated carbocycles. The van der Waals surface area contributed by atoms with Crippen LogP contribution in [0.3, 0.4) is 0 Å². The predicted molar refractivity (Wildman–Crippen MR) is 83.9 cm³/mol. The number of benzene rings is 2. The van der Waals surface area contributed by atoms with Gasteiger partial charge in [-0.1, -0.05) is 22.0 Å². The van der Waals surface area contributed by atoms with Crippen LogP contribution in [0.25, 0.3) is 0 Å². The van der Waals surface area contributed by atoms with Crippen molar-refractivity contribution in [2.75, 3.05) is 17.7 Å². The van der Waals surface area contributed by atoms with Gasteiger partial charge in [0.2, 0.25) is 0 Å². The van der Waals surface area contributed by atoms with E-state index >= 15 is 0 Å². The highest BCUT2D eigenvalue weighted by Gasteiger charge is 2.06. The lowest BCUT2D eigenvalue weighted by atomic mass is 10.2. The summed E-state index contributed by atoms with van der Waals surface area (Å²) in [6.07, 6.45) is 0. The van der Waals surface area contributed by atoms with E-state index in [0.29, 0.717) is 11.4 Å². The Kier molecular flexibility index (Phi) is 4.63. The minimum Gasteiger partial charge on any atom is -0.484 e. The second kappa shape index (κ2) is 6.43. The monoisotopic (exact) mass is 334 g/mol. The van der Waals surface area contributed by atoms with Crippen molar-refractivity contribution in [3.05, 3.63) is 52.5 Å². The van der Waals surface area contributed by atoms with Crippen LogP contribution in [0.15, 0.2) is 46.9 Å². The van der Waals surface area contributed by atoms with E-state index in [2.05, 4.69) is 21.2 Å². The minimum absolute atomic E-state index is 0.0458. The van der Waals surface area contributed by atoms with Crippen LogP contribution < -0.4 is 15.8 Å². The number of nitrogens with two attached hydrogens (primary N) is 1. The molecule has 0 aliphatic rings. The van der Waals surface area contributed by atoms with Gasteiger partial charge in [-0.15, -0.1) is 0 Å². The molecule has 5 heteroatoms. The molecule has 0 atom stereocenters. The van der Waals surface area contributed by atoms with E-state index in [9.17, 15) is 4.79 Å². The first-order chi connectivity index (χ1) is 9.54. The molecule has 4 nitrogen and oxygen atoms in total. The molecule has 20 heavy (non-hydrogen) atoms. The van der Waals surface area contributed by atoms with E-state index < -0.39 is 0 Å². The second-order valence-electron chi connectivity index (χ2n) is 4.37. The Morgan fingerprint density at radius 1 is 1.25 bits per heavy atom. The topological polar surface area (TPSA) is 64.3 Å². The third-order valence-electron chi connectivity index (χ3n) is 2.72. The maximum absolute atomic E-state index is 11.8. The van der Waals surface area contributed by atoms with Gasteiger partial charge in [0, 0.05) is 15.8 Å². The largest absolute Gasteiger partial charge is 0.484 e. The third-order valence-corrected chi connectivity index (χ3v) is 3.22. The van der Waals surface area contributed by atoms with Crippen LogP contribution in [-0.4, -0.2) is 12.5 Å². The normalized spacial score (nSPS) is 10.1. The van der Waals surface area contributed by atoms with Gasteiger partial charge in [-0.25, -0.2) is 0 Å². The number of carbonyl (C=O) groups excluding carboxylic acids is 1. The summed E-state index contributed by atoms with van der Waals surface area (Å²) in [4.78, 5) is 11.8. The Hall–Kier alpha value is -2.01. The number of carbonyl (C=O) groups is 1. The van der Waals surface area contributed by atoms with Crippen molar-refractivity contribution in [2.45, 2.75) is 6.92 Å². The summed E-state index contributed by atoms with van der Waals surface area (Å²) in [5.74, 6) is 0.406. The number of rotatable bonds is 4. The molecule has 0 bridgehead atoms. The molecule has 0 unspecified atom stereocenters. The number of nitrogens with one attached hydrogen (secondary N) is 1. The van der Waals surface area contributed by atoms with Crippen molar-refractivity contribution in [2.24, 2.45) is 0 Å². The Morgan fingerprint density at radius 3 is 2.65 bits per heavy atom. The van der Waals surface area contributed by atoms with Gasteiger partial charge >= 0.3 is 0 Å². The number of ether oxygens (including phenoxy) is 1. The SMILES string of the molecule is Cc1ccc(Br)cc1NC(=O)COc1ccc(N)cc1. The maximum atomic E-state index is 11.8. The van der Waals surface area contributed by atoms with Crippen LogP contribution in [0.4, 0.5) is 11.4 Å². The molecule has 0 heterocycles. The molecule has 104 valence electrons. The number of hydrogen-bond donors (Lipinski definition) is 2. The highest BCUT2D eigenvalue weighted by molar-refractivity contribution is 9.10. The highest BCUT2D eigenvalue weighted by atomic mass is 79.9. The van der Waals surface area contributed by atoms with Gasteiger partial charge in [-0.3, -0.25) is 4.79 Å². The first-order valence-corrected chi connectivity index (χ1v) is 6.88. The molecule has 0 radical (unpaired) electrons. The molecule has 2 aromatic rings. The highest BCUT2D eigenvalue weighted by Crippen LogP contribution is 2.20. The molecule has 0 aliphatic heterocycles. The van der Waals surface area contributed by atoms with Crippen molar-refractivity contribution < 1.29 is 9.53 Å². The van der Waals surface area contributed by atoms with E-state index in [-0.39, 0.29) is 12.5 Å². The number of anilines is 2. The zero-order valence-electron chi connectivity index (χ0n) is 11.0. The molecular weight excluding hydrogens is 320 g/mol. The van der Waals surface area contributed by atoms with Crippen LogP contribution in [0.5, 0.6) is 5.75 Å². The van der Waals surface area contributed by atoms with Crippen LogP contribution >= 0.6 is 15.9 Å². The Balaban J connectivity index is 1.92. The van der Waals surface area contributed by atoms with Crippen LogP contribution in [0.2, 0.25) is 0 Å². The Morgan fingerprint density at radius 2 is 1.95 bits per heavy atom. The Labute approximate surface area is 126 Å². The molecule has 0 aromatic heterocycles. The molecular formula is C15H15BrN2O2. The number of nitrogen functional groups attached to an aromatic ring is 1. The average Bonchev–Trinajstić information content (AvgIpc) is 2.42. The van der Waals surface area contributed by atoms with Crippen LogP contribution in [0, 0.1) is 6.92 Å². The number of halogens is 1. The summed E-state index contributed by atoms with van der Waals surface area (Å²) in [6.45, 7) is 1.89. The molecule has 0 saturated heterocycles. The van der Waals surface area contributed by atoms with Gasteiger partial charge in [0.25, 0.3) is 5.91 Å². The molecule has 1 amide bonds. The lowest BCUT2D eigenvalue weighted by molar-refractivity contribution is -0.118. The van der Waals surface area contributed by atoms with E-state index in [1.54, 1.807) is 24.3 Å². The number of amides is 1. The quantitative estimate of drug-likeness (QED) is 0.842. The molecule has 3 N–H and O–H groups in total. The van der Waals surface area contributed by atoms with Crippen molar-refractivity contribution in [3.63, 3.8) is 0 Å². The van der Waals surface area contributed by atoms with Crippen molar-refractivity contribution >= 4 is 33.2 Å². The molecule has 2 rings (SSSR count). The van der Waals surface area contributed by atoms with Crippen LogP contribution in [0.1, 0.15) is 5.56 Å². The third kappa shape index (κ3) is 3.99. The fourth-order valence-corrected chi connectivity index (χ4v) is 1.99. The van der Waals surface area contributed by atoms with E-state index in [4.69, 9.17) is 10.5 Å². The fourth-order valence-electron chi connectivity index (χ4n) is 1.63. The summed E-state index contributed by atoms with van der Waals surface area (Å²) in [6, 6.07) is 12.6. The zero-order valence-corrected chi connectivity index (χ0v) is 12.6. The first-order valence-electron chi connectivity index (χ1n) is 6.09. The average molecular weight is 335 g/mol. The summed E-state index contributed by atoms with van der Waals surface area (Å²) in [5.41, 5.74) is 8.00. The van der Waals surface area contributed by atoms with Crippen LogP contribution in [-0.2, 0) is 4.79 Å². The van der Waals surface area contributed by atoms with E-state index in [1.165, 1.54) is 0 Å². The lowest BCUT2D eigenvalue weighted by Crippen LogP contribution is -2.20. The number of aryl methyl sites for hydroxylation is 1. The molecule has 0 aliphatic carbocycles. The standard InChI is InChI=1S/C15H15BrN2O2/c1-10-2-3-11(16)8-14(10)18-15(19)9-20-13-6-4-12(17)5-7-13/h2-8H,9,17H2,1H3,(H,18,19). The van der Waals surface area contributed by atoms with Crippen molar-refractivity contribution in [1.82, 2.24) is 0 Å². The van der Waals surface area contributed by atoms with Gasteiger partial charge in [0.05, 0.1) is 0 Å². The van der Waals surface area contributed by atoms with E-state index in [0.717, 1.165) is 15.7 Å². The van der Waals surface area contributed by atoms with E-state index in [1.807, 2.05) is 25.1 Å².